The van der Waals surface area contributed by atoms with Gasteiger partial charge in [-0.1, -0.05) is 25.8 Å². The van der Waals surface area contributed by atoms with Gasteiger partial charge >= 0.3 is 5.97 Å². The SMILES string of the molecule is C=C(COC1CCCC1)C(=O)OC1(C)CCCCC1. The van der Waals surface area contributed by atoms with Gasteiger partial charge in [-0.3, -0.25) is 0 Å². The Morgan fingerprint density at radius 2 is 1.79 bits per heavy atom. The summed E-state index contributed by atoms with van der Waals surface area (Å²) >= 11 is 0. The molecule has 2 fully saturated rings. The van der Waals surface area contributed by atoms with Gasteiger partial charge in [-0.05, 0) is 45.4 Å². The molecule has 0 aromatic carbocycles. The van der Waals surface area contributed by atoms with Gasteiger partial charge < -0.3 is 9.47 Å². The lowest BCUT2D eigenvalue weighted by atomic mass is 9.86. The second kappa shape index (κ2) is 6.56. The van der Waals surface area contributed by atoms with Crippen molar-refractivity contribution in [2.45, 2.75) is 76.4 Å². The molecule has 0 unspecified atom stereocenters. The molecule has 2 aliphatic rings. The third-order valence-electron chi connectivity index (χ3n) is 4.33. The predicted octanol–water partition coefficient (Wildman–Crippen LogP) is 3.77. The average Bonchev–Trinajstić information content (AvgIpc) is 2.89. The van der Waals surface area contributed by atoms with Crippen LogP contribution >= 0.6 is 0 Å². The summed E-state index contributed by atoms with van der Waals surface area (Å²) < 4.78 is 11.3. The average molecular weight is 266 g/mol. The van der Waals surface area contributed by atoms with Crippen molar-refractivity contribution in [3.63, 3.8) is 0 Å². The van der Waals surface area contributed by atoms with Crippen LogP contribution in [0.3, 0.4) is 0 Å². The van der Waals surface area contributed by atoms with Crippen LogP contribution in [0.1, 0.15) is 64.7 Å². The highest BCUT2D eigenvalue weighted by atomic mass is 16.6. The highest BCUT2D eigenvalue weighted by molar-refractivity contribution is 5.88. The smallest absolute Gasteiger partial charge is 0.336 e. The molecule has 0 heterocycles. The molecule has 0 atom stereocenters. The molecule has 0 bridgehead atoms. The number of carbonyl (C=O) groups is 1. The summed E-state index contributed by atoms with van der Waals surface area (Å²) in [4.78, 5) is 12.0. The predicted molar refractivity (Wildman–Crippen MR) is 74.9 cm³/mol. The van der Waals surface area contributed by atoms with Gasteiger partial charge in [0.15, 0.2) is 0 Å². The van der Waals surface area contributed by atoms with Crippen LogP contribution < -0.4 is 0 Å². The number of hydrogen-bond donors (Lipinski definition) is 0. The standard InChI is InChI=1S/C16H26O3/c1-13(12-18-14-8-4-5-9-14)15(17)19-16(2)10-6-3-7-11-16/h14H,1,3-12H2,2H3. The molecule has 0 aliphatic heterocycles. The molecular formula is C16H26O3. The van der Waals surface area contributed by atoms with E-state index in [1.165, 1.54) is 19.3 Å². The maximum atomic E-state index is 12.0. The summed E-state index contributed by atoms with van der Waals surface area (Å²) in [6.45, 7) is 6.17. The van der Waals surface area contributed by atoms with E-state index in [9.17, 15) is 4.79 Å². The fourth-order valence-corrected chi connectivity index (χ4v) is 3.03. The first kappa shape index (κ1) is 14.6. The van der Waals surface area contributed by atoms with Crippen LogP contribution in [0.5, 0.6) is 0 Å². The summed E-state index contributed by atoms with van der Waals surface area (Å²) in [5.41, 5.74) is 0.171. The minimum atomic E-state index is -0.286. The first-order valence-corrected chi connectivity index (χ1v) is 7.62. The van der Waals surface area contributed by atoms with Crippen molar-refractivity contribution in [3.05, 3.63) is 12.2 Å². The molecule has 108 valence electrons. The van der Waals surface area contributed by atoms with Crippen molar-refractivity contribution in [1.82, 2.24) is 0 Å². The van der Waals surface area contributed by atoms with Crippen molar-refractivity contribution in [3.8, 4) is 0 Å². The summed E-state index contributed by atoms with van der Waals surface area (Å²) in [5.74, 6) is -0.276. The Labute approximate surface area is 116 Å². The van der Waals surface area contributed by atoms with Gasteiger partial charge in [-0.2, -0.15) is 0 Å². The maximum Gasteiger partial charge on any atom is 0.336 e. The van der Waals surface area contributed by atoms with E-state index in [1.807, 2.05) is 6.92 Å². The summed E-state index contributed by atoms with van der Waals surface area (Å²) in [6.07, 6.45) is 10.5. The van der Waals surface area contributed by atoms with Crippen molar-refractivity contribution < 1.29 is 14.3 Å². The van der Waals surface area contributed by atoms with Gasteiger partial charge in [0.25, 0.3) is 0 Å². The monoisotopic (exact) mass is 266 g/mol. The molecule has 19 heavy (non-hydrogen) atoms. The molecule has 2 aliphatic carbocycles. The van der Waals surface area contributed by atoms with E-state index in [0.29, 0.717) is 18.3 Å². The molecule has 0 aromatic heterocycles. The van der Waals surface area contributed by atoms with E-state index in [0.717, 1.165) is 38.5 Å². The maximum absolute atomic E-state index is 12.0. The van der Waals surface area contributed by atoms with Gasteiger partial charge in [0, 0.05) is 0 Å². The fraction of sp³-hybridized carbons (Fsp3) is 0.812. The Morgan fingerprint density at radius 3 is 2.42 bits per heavy atom. The van der Waals surface area contributed by atoms with Crippen LogP contribution in [0.4, 0.5) is 0 Å². The van der Waals surface area contributed by atoms with Crippen LogP contribution in [-0.2, 0) is 14.3 Å². The van der Waals surface area contributed by atoms with Crippen molar-refractivity contribution in [2.75, 3.05) is 6.61 Å². The largest absolute Gasteiger partial charge is 0.456 e. The Morgan fingerprint density at radius 1 is 1.16 bits per heavy atom. The Kier molecular flexibility index (Phi) is 5.03. The molecule has 0 amide bonds. The molecule has 0 radical (unpaired) electrons. The van der Waals surface area contributed by atoms with E-state index in [-0.39, 0.29) is 11.6 Å². The molecule has 3 nitrogen and oxygen atoms in total. The number of ether oxygens (including phenoxy) is 2. The third kappa shape index (κ3) is 4.34. The first-order chi connectivity index (χ1) is 9.09. The van der Waals surface area contributed by atoms with Gasteiger partial charge in [-0.15, -0.1) is 0 Å². The Bertz CT molecular complexity index is 323. The summed E-state index contributed by atoms with van der Waals surface area (Å²) in [5, 5.41) is 0. The van der Waals surface area contributed by atoms with Crippen LogP contribution in [0.25, 0.3) is 0 Å². The van der Waals surface area contributed by atoms with E-state index >= 15 is 0 Å². The quantitative estimate of drug-likeness (QED) is 0.561. The number of carbonyl (C=O) groups excluding carboxylic acids is 1. The van der Waals surface area contributed by atoms with Crippen LogP contribution in [0.2, 0.25) is 0 Å². The molecule has 3 heteroatoms. The first-order valence-electron chi connectivity index (χ1n) is 7.62. The van der Waals surface area contributed by atoms with Gasteiger partial charge in [0.05, 0.1) is 18.3 Å². The molecule has 0 aromatic rings. The summed E-state index contributed by atoms with van der Waals surface area (Å²) in [7, 11) is 0. The second-order valence-electron chi connectivity index (χ2n) is 6.22. The van der Waals surface area contributed by atoms with Crippen molar-refractivity contribution in [2.24, 2.45) is 0 Å². The fourth-order valence-electron chi connectivity index (χ4n) is 3.03. The zero-order chi connectivity index (χ0) is 13.7. The van der Waals surface area contributed by atoms with Gasteiger partial charge in [-0.25, -0.2) is 4.79 Å². The highest BCUT2D eigenvalue weighted by Crippen LogP contribution is 2.31. The van der Waals surface area contributed by atoms with Gasteiger partial charge in [0.1, 0.15) is 5.60 Å². The van der Waals surface area contributed by atoms with E-state index < -0.39 is 0 Å². The molecule has 0 spiro atoms. The van der Waals surface area contributed by atoms with Crippen molar-refractivity contribution >= 4 is 5.97 Å². The van der Waals surface area contributed by atoms with E-state index in [4.69, 9.17) is 9.47 Å². The van der Waals surface area contributed by atoms with Crippen molar-refractivity contribution in [1.29, 1.82) is 0 Å². The lowest BCUT2D eigenvalue weighted by Gasteiger charge is -2.33. The van der Waals surface area contributed by atoms with Crippen LogP contribution in [0, 0.1) is 0 Å². The minimum Gasteiger partial charge on any atom is -0.456 e. The van der Waals surface area contributed by atoms with E-state index in [2.05, 4.69) is 6.58 Å². The van der Waals surface area contributed by atoms with Crippen LogP contribution in [0.15, 0.2) is 12.2 Å². The lowest BCUT2D eigenvalue weighted by molar-refractivity contribution is -0.157. The molecule has 0 saturated heterocycles. The minimum absolute atomic E-state index is 0.276. The van der Waals surface area contributed by atoms with E-state index in [1.54, 1.807) is 0 Å². The molecule has 2 rings (SSSR count). The molecular weight excluding hydrogens is 240 g/mol. The Hall–Kier alpha value is -0.830. The lowest BCUT2D eigenvalue weighted by Crippen LogP contribution is -2.34. The molecule has 0 N–H and O–H groups in total. The number of esters is 1. The third-order valence-corrected chi connectivity index (χ3v) is 4.33. The second-order valence-corrected chi connectivity index (χ2v) is 6.22. The normalized spacial score (nSPS) is 23.2. The highest BCUT2D eigenvalue weighted by Gasteiger charge is 2.31. The van der Waals surface area contributed by atoms with Crippen LogP contribution in [-0.4, -0.2) is 24.3 Å². The van der Waals surface area contributed by atoms with Gasteiger partial charge in [0.2, 0.25) is 0 Å². The number of rotatable bonds is 5. The number of hydrogen-bond acceptors (Lipinski definition) is 3. The topological polar surface area (TPSA) is 35.5 Å². The zero-order valence-electron chi connectivity index (χ0n) is 12.1. The summed E-state index contributed by atoms with van der Waals surface area (Å²) in [6, 6.07) is 0. The Balaban J connectivity index is 1.73. The molecule has 2 saturated carbocycles. The zero-order valence-corrected chi connectivity index (χ0v) is 12.1.